The molecule has 104 valence electrons. The highest BCUT2D eigenvalue weighted by molar-refractivity contribution is 5.96. The van der Waals surface area contributed by atoms with Gasteiger partial charge in [0.1, 0.15) is 0 Å². The third-order valence-electron chi connectivity index (χ3n) is 3.53. The fourth-order valence-electron chi connectivity index (χ4n) is 2.49. The molecule has 1 aromatic rings. The van der Waals surface area contributed by atoms with E-state index >= 15 is 0 Å². The lowest BCUT2D eigenvalue weighted by Crippen LogP contribution is -2.20. The predicted molar refractivity (Wildman–Crippen MR) is 74.8 cm³/mol. The van der Waals surface area contributed by atoms with E-state index in [4.69, 9.17) is 15.2 Å². The monoisotopic (exact) mass is 284 g/mol. The van der Waals surface area contributed by atoms with E-state index in [0.29, 0.717) is 22.9 Å². The van der Waals surface area contributed by atoms with E-state index < -0.39 is 0 Å². The zero-order valence-corrected chi connectivity index (χ0v) is 11.3. The van der Waals surface area contributed by atoms with Gasteiger partial charge in [-0.15, -0.1) is 12.4 Å². The summed E-state index contributed by atoms with van der Waals surface area (Å²) < 4.78 is 10.5. The van der Waals surface area contributed by atoms with Gasteiger partial charge in [0, 0.05) is 18.1 Å². The normalized spacial score (nSPS) is 17.1. The van der Waals surface area contributed by atoms with Gasteiger partial charge < -0.3 is 20.5 Å². The summed E-state index contributed by atoms with van der Waals surface area (Å²) in [6.07, 6.45) is 4.20. The van der Waals surface area contributed by atoms with Crippen LogP contribution in [0.4, 0.5) is 11.4 Å². The number of anilines is 2. The molecule has 0 aromatic heterocycles. The molecule has 2 aliphatic rings. The topological polar surface area (TPSA) is 73.6 Å². The van der Waals surface area contributed by atoms with E-state index in [9.17, 15) is 4.79 Å². The number of nitrogens with one attached hydrogen (secondary N) is 1. The quantitative estimate of drug-likeness (QED) is 0.819. The summed E-state index contributed by atoms with van der Waals surface area (Å²) in [4.78, 5) is 12.0. The van der Waals surface area contributed by atoms with Gasteiger partial charge in [-0.2, -0.15) is 0 Å². The zero-order valence-electron chi connectivity index (χ0n) is 10.5. The molecule has 1 aliphatic heterocycles. The number of hydrogen-bond donors (Lipinski definition) is 2. The van der Waals surface area contributed by atoms with Gasteiger partial charge in [0.15, 0.2) is 11.5 Å². The number of carbonyl (C=O) groups excluding carboxylic acids is 1. The second-order valence-electron chi connectivity index (χ2n) is 4.76. The smallest absolute Gasteiger partial charge is 0.231 e. The molecule has 1 fully saturated rings. The first-order chi connectivity index (χ1) is 8.74. The summed E-state index contributed by atoms with van der Waals surface area (Å²) >= 11 is 0. The number of carbonyl (C=O) groups is 1. The van der Waals surface area contributed by atoms with Gasteiger partial charge in [0.2, 0.25) is 12.7 Å². The molecule has 1 heterocycles. The number of benzene rings is 1. The number of ether oxygens (including phenoxy) is 2. The van der Waals surface area contributed by atoms with Crippen LogP contribution in [-0.4, -0.2) is 12.7 Å². The van der Waals surface area contributed by atoms with Gasteiger partial charge >= 0.3 is 0 Å². The summed E-state index contributed by atoms with van der Waals surface area (Å²) in [5, 5.41) is 2.88. The molecule has 1 saturated carbocycles. The molecule has 19 heavy (non-hydrogen) atoms. The summed E-state index contributed by atoms with van der Waals surface area (Å²) in [6, 6.07) is 3.41. The Morgan fingerprint density at radius 1 is 1.21 bits per heavy atom. The van der Waals surface area contributed by atoms with Gasteiger partial charge in [0.25, 0.3) is 0 Å². The molecule has 3 N–H and O–H groups in total. The Bertz CT molecular complexity index is 487. The van der Waals surface area contributed by atoms with Crippen LogP contribution in [0.5, 0.6) is 11.5 Å². The van der Waals surface area contributed by atoms with Crippen molar-refractivity contribution in [2.24, 2.45) is 5.92 Å². The molecular formula is C13H17ClN2O3. The summed E-state index contributed by atoms with van der Waals surface area (Å²) in [6.45, 7) is 0.203. The Balaban J connectivity index is 0.00000133. The van der Waals surface area contributed by atoms with Gasteiger partial charge in [0.05, 0.1) is 11.4 Å². The van der Waals surface area contributed by atoms with Crippen molar-refractivity contribution in [1.82, 2.24) is 0 Å². The molecule has 0 unspecified atom stereocenters. The minimum atomic E-state index is 0. The minimum absolute atomic E-state index is 0. The molecule has 5 nitrogen and oxygen atoms in total. The van der Waals surface area contributed by atoms with Crippen molar-refractivity contribution in [3.63, 3.8) is 0 Å². The number of hydrogen-bond acceptors (Lipinski definition) is 4. The minimum Gasteiger partial charge on any atom is -0.454 e. The maximum atomic E-state index is 12.0. The van der Waals surface area contributed by atoms with Gasteiger partial charge in [-0.05, 0) is 12.8 Å². The zero-order chi connectivity index (χ0) is 12.5. The van der Waals surface area contributed by atoms with E-state index in [2.05, 4.69) is 5.32 Å². The second-order valence-corrected chi connectivity index (χ2v) is 4.76. The fraction of sp³-hybridized carbons (Fsp3) is 0.462. The predicted octanol–water partition coefficient (Wildman–Crippen LogP) is 2.55. The van der Waals surface area contributed by atoms with E-state index in [0.717, 1.165) is 25.7 Å². The van der Waals surface area contributed by atoms with Crippen LogP contribution in [0.25, 0.3) is 0 Å². The van der Waals surface area contributed by atoms with E-state index in [1.807, 2.05) is 0 Å². The molecule has 1 amide bonds. The van der Waals surface area contributed by atoms with Crippen molar-refractivity contribution in [2.75, 3.05) is 17.8 Å². The van der Waals surface area contributed by atoms with E-state index in [-0.39, 0.29) is 31.0 Å². The Labute approximate surface area is 117 Å². The van der Waals surface area contributed by atoms with Crippen LogP contribution in [0.3, 0.4) is 0 Å². The number of rotatable bonds is 2. The number of halogens is 1. The number of fused-ring (bicyclic) bond motifs is 1. The van der Waals surface area contributed by atoms with Gasteiger partial charge in [-0.25, -0.2) is 0 Å². The first-order valence-electron chi connectivity index (χ1n) is 6.24. The largest absolute Gasteiger partial charge is 0.454 e. The molecule has 1 aliphatic carbocycles. The second kappa shape index (κ2) is 5.57. The van der Waals surface area contributed by atoms with Crippen LogP contribution in [0.2, 0.25) is 0 Å². The van der Waals surface area contributed by atoms with Crippen LogP contribution < -0.4 is 20.5 Å². The third-order valence-corrected chi connectivity index (χ3v) is 3.53. The Kier molecular flexibility index (Phi) is 4.04. The number of nitrogen functional groups attached to an aromatic ring is 1. The van der Waals surface area contributed by atoms with Crippen molar-refractivity contribution in [2.45, 2.75) is 25.7 Å². The third kappa shape index (κ3) is 2.71. The maximum absolute atomic E-state index is 12.0. The Morgan fingerprint density at radius 3 is 2.53 bits per heavy atom. The summed E-state index contributed by atoms with van der Waals surface area (Å²) in [5.74, 6) is 1.44. The highest BCUT2D eigenvalue weighted by atomic mass is 35.5. The molecule has 6 heteroatoms. The Morgan fingerprint density at radius 2 is 1.84 bits per heavy atom. The first kappa shape index (κ1) is 13.8. The number of nitrogens with two attached hydrogens (primary N) is 1. The van der Waals surface area contributed by atoms with Crippen molar-refractivity contribution in [3.05, 3.63) is 12.1 Å². The average molecular weight is 285 g/mol. The molecule has 0 radical (unpaired) electrons. The van der Waals surface area contributed by atoms with Gasteiger partial charge in [-0.3, -0.25) is 4.79 Å². The summed E-state index contributed by atoms with van der Waals surface area (Å²) in [7, 11) is 0. The maximum Gasteiger partial charge on any atom is 0.231 e. The highest BCUT2D eigenvalue weighted by Crippen LogP contribution is 2.38. The lowest BCUT2D eigenvalue weighted by Gasteiger charge is -2.12. The highest BCUT2D eigenvalue weighted by Gasteiger charge is 2.24. The standard InChI is InChI=1S/C13H16N2O3.ClH/c14-9-5-11-12(18-7-17-11)6-10(9)15-13(16)8-3-1-2-4-8;/h5-6,8H,1-4,7,14H2,(H,15,16);1H. The molecule has 3 rings (SSSR count). The van der Waals surface area contributed by atoms with Crippen LogP contribution in [0.1, 0.15) is 25.7 Å². The first-order valence-corrected chi connectivity index (χ1v) is 6.24. The van der Waals surface area contributed by atoms with Crippen molar-refractivity contribution in [1.29, 1.82) is 0 Å². The van der Waals surface area contributed by atoms with Crippen LogP contribution >= 0.6 is 12.4 Å². The van der Waals surface area contributed by atoms with E-state index in [1.165, 1.54) is 0 Å². The van der Waals surface area contributed by atoms with Crippen molar-refractivity contribution in [3.8, 4) is 11.5 Å². The molecule has 0 saturated heterocycles. The molecule has 0 atom stereocenters. The Hall–Kier alpha value is -1.62. The van der Waals surface area contributed by atoms with Crippen LogP contribution in [0, 0.1) is 5.92 Å². The van der Waals surface area contributed by atoms with Crippen LogP contribution in [0.15, 0.2) is 12.1 Å². The fourth-order valence-corrected chi connectivity index (χ4v) is 2.49. The van der Waals surface area contributed by atoms with E-state index in [1.54, 1.807) is 12.1 Å². The van der Waals surface area contributed by atoms with Crippen molar-refractivity contribution < 1.29 is 14.3 Å². The molecular weight excluding hydrogens is 268 g/mol. The molecule has 1 aromatic carbocycles. The molecule has 0 spiro atoms. The SMILES string of the molecule is Cl.Nc1cc2c(cc1NC(=O)C1CCCC1)OCO2. The molecule has 0 bridgehead atoms. The average Bonchev–Trinajstić information content (AvgIpc) is 2.98. The van der Waals surface area contributed by atoms with Gasteiger partial charge in [-0.1, -0.05) is 12.8 Å². The lowest BCUT2D eigenvalue weighted by atomic mass is 10.1. The van der Waals surface area contributed by atoms with Crippen molar-refractivity contribution >= 4 is 29.7 Å². The van der Waals surface area contributed by atoms with Crippen LogP contribution in [-0.2, 0) is 4.79 Å². The number of amides is 1. The lowest BCUT2D eigenvalue weighted by molar-refractivity contribution is -0.119. The summed E-state index contributed by atoms with van der Waals surface area (Å²) in [5.41, 5.74) is 7.00.